The smallest absolute Gasteiger partial charge is 0.346 e. The second-order valence-electron chi connectivity index (χ2n) is 4.12. The van der Waals surface area contributed by atoms with Crippen molar-refractivity contribution in [1.29, 1.82) is 0 Å². The molecule has 0 radical (unpaired) electrons. The molecule has 0 bridgehead atoms. The zero-order valence-corrected chi connectivity index (χ0v) is 9.88. The van der Waals surface area contributed by atoms with Crippen molar-refractivity contribution in [1.82, 2.24) is 4.98 Å². The third-order valence-corrected chi connectivity index (χ3v) is 2.84. The second kappa shape index (κ2) is 4.11. The number of benzene rings is 2. The third-order valence-electron chi connectivity index (χ3n) is 2.84. The molecule has 0 fully saturated rings. The Bertz CT molecular complexity index is 760. The highest BCUT2D eigenvalue weighted by molar-refractivity contribution is 5.83. The van der Waals surface area contributed by atoms with Crippen molar-refractivity contribution in [3.8, 4) is 11.1 Å². The summed E-state index contributed by atoms with van der Waals surface area (Å²) >= 11 is 0. The van der Waals surface area contributed by atoms with Gasteiger partial charge < -0.3 is 4.42 Å². The van der Waals surface area contributed by atoms with Gasteiger partial charge >= 0.3 is 5.63 Å². The highest BCUT2D eigenvalue weighted by atomic mass is 16.4. The number of aromatic nitrogens is 1. The van der Waals surface area contributed by atoms with E-state index in [-0.39, 0.29) is 5.63 Å². The highest BCUT2D eigenvalue weighted by Crippen LogP contribution is 2.21. The largest absolute Gasteiger partial charge is 0.408 e. The van der Waals surface area contributed by atoms with Gasteiger partial charge in [-0.3, -0.25) is 0 Å². The first kappa shape index (κ1) is 10.7. The molecule has 1 heterocycles. The summed E-state index contributed by atoms with van der Waals surface area (Å²) < 4.78 is 5.01. The molecule has 0 aliphatic carbocycles. The molecule has 0 N–H and O–H groups in total. The van der Waals surface area contributed by atoms with E-state index in [4.69, 9.17) is 4.42 Å². The van der Waals surface area contributed by atoms with E-state index in [1.807, 2.05) is 48.5 Å². The summed E-state index contributed by atoms with van der Waals surface area (Å²) in [6.45, 7) is 1.67. The summed E-state index contributed by atoms with van der Waals surface area (Å²) in [6, 6.07) is 15.5. The van der Waals surface area contributed by atoms with Crippen LogP contribution in [-0.2, 0) is 0 Å². The minimum Gasteiger partial charge on any atom is -0.408 e. The molecule has 88 valence electrons. The SMILES string of the molecule is Cc1nc2ccc(-c3ccccc3)cc2c(=O)o1. The van der Waals surface area contributed by atoms with Gasteiger partial charge in [0.2, 0.25) is 0 Å². The van der Waals surface area contributed by atoms with Gasteiger partial charge in [0, 0.05) is 6.92 Å². The Morgan fingerprint density at radius 3 is 2.56 bits per heavy atom. The van der Waals surface area contributed by atoms with Crippen LogP contribution in [0, 0.1) is 6.92 Å². The lowest BCUT2D eigenvalue weighted by atomic mass is 10.0. The fourth-order valence-corrected chi connectivity index (χ4v) is 1.99. The average Bonchev–Trinajstić information content (AvgIpc) is 2.39. The normalized spacial score (nSPS) is 10.7. The zero-order chi connectivity index (χ0) is 12.5. The van der Waals surface area contributed by atoms with Gasteiger partial charge in [-0.05, 0) is 23.3 Å². The van der Waals surface area contributed by atoms with Gasteiger partial charge in [0.05, 0.1) is 10.9 Å². The van der Waals surface area contributed by atoms with E-state index < -0.39 is 0 Å². The van der Waals surface area contributed by atoms with E-state index >= 15 is 0 Å². The molecule has 3 aromatic rings. The van der Waals surface area contributed by atoms with Crippen LogP contribution in [-0.4, -0.2) is 4.98 Å². The summed E-state index contributed by atoms with van der Waals surface area (Å²) in [5.41, 5.74) is 2.39. The summed E-state index contributed by atoms with van der Waals surface area (Å²) in [5.74, 6) is 0.389. The molecule has 0 unspecified atom stereocenters. The van der Waals surface area contributed by atoms with Gasteiger partial charge in [-0.25, -0.2) is 9.78 Å². The van der Waals surface area contributed by atoms with Crippen LogP contribution in [0.3, 0.4) is 0 Å². The molecule has 2 aromatic carbocycles. The lowest BCUT2D eigenvalue weighted by Crippen LogP contribution is -2.02. The molecular weight excluding hydrogens is 226 g/mol. The molecule has 18 heavy (non-hydrogen) atoms. The monoisotopic (exact) mass is 237 g/mol. The van der Waals surface area contributed by atoms with E-state index in [0.717, 1.165) is 11.1 Å². The number of hydrogen-bond donors (Lipinski definition) is 0. The Morgan fingerprint density at radius 2 is 1.78 bits per heavy atom. The van der Waals surface area contributed by atoms with Crippen LogP contribution in [0.15, 0.2) is 57.7 Å². The van der Waals surface area contributed by atoms with E-state index in [2.05, 4.69) is 4.98 Å². The van der Waals surface area contributed by atoms with Crippen LogP contribution in [0.1, 0.15) is 5.89 Å². The molecule has 3 nitrogen and oxygen atoms in total. The molecule has 0 spiro atoms. The molecule has 0 aliphatic rings. The molecular formula is C15H11NO2. The number of rotatable bonds is 1. The van der Waals surface area contributed by atoms with Crippen molar-refractivity contribution in [2.24, 2.45) is 0 Å². The zero-order valence-electron chi connectivity index (χ0n) is 9.88. The van der Waals surface area contributed by atoms with Gasteiger partial charge in [-0.15, -0.1) is 0 Å². The maximum Gasteiger partial charge on any atom is 0.346 e. The Hall–Kier alpha value is -2.42. The van der Waals surface area contributed by atoms with Gasteiger partial charge in [0.15, 0.2) is 5.89 Å². The van der Waals surface area contributed by atoms with Crippen molar-refractivity contribution < 1.29 is 4.42 Å². The van der Waals surface area contributed by atoms with E-state index in [1.165, 1.54) is 0 Å². The summed E-state index contributed by atoms with van der Waals surface area (Å²) in [5, 5.41) is 0.516. The molecule has 0 amide bonds. The number of hydrogen-bond acceptors (Lipinski definition) is 3. The number of aryl methyl sites for hydroxylation is 1. The van der Waals surface area contributed by atoms with E-state index in [9.17, 15) is 4.79 Å². The summed E-state index contributed by atoms with van der Waals surface area (Å²) in [7, 11) is 0. The maximum absolute atomic E-state index is 11.8. The maximum atomic E-state index is 11.8. The molecule has 0 atom stereocenters. The van der Waals surface area contributed by atoms with Crippen LogP contribution in [0.2, 0.25) is 0 Å². The number of fused-ring (bicyclic) bond motifs is 1. The fraction of sp³-hybridized carbons (Fsp3) is 0.0667. The minimum absolute atomic E-state index is 0.338. The van der Waals surface area contributed by atoms with Gasteiger partial charge in [-0.1, -0.05) is 36.4 Å². The predicted octanol–water partition coefficient (Wildman–Crippen LogP) is 3.16. The quantitative estimate of drug-likeness (QED) is 0.653. The van der Waals surface area contributed by atoms with Crippen molar-refractivity contribution in [3.05, 3.63) is 64.8 Å². The Kier molecular flexibility index (Phi) is 2.45. The molecule has 3 rings (SSSR count). The van der Waals surface area contributed by atoms with Gasteiger partial charge in [0.25, 0.3) is 0 Å². The standard InChI is InChI=1S/C15H11NO2/c1-10-16-14-8-7-12(9-13(14)15(17)18-10)11-5-3-2-4-6-11/h2-9H,1H3. The van der Waals surface area contributed by atoms with Crippen molar-refractivity contribution in [2.45, 2.75) is 6.92 Å². The summed E-state index contributed by atoms with van der Waals surface area (Å²) in [6.07, 6.45) is 0. The Balaban J connectivity index is 2.27. The van der Waals surface area contributed by atoms with Gasteiger partial charge in [-0.2, -0.15) is 0 Å². The van der Waals surface area contributed by atoms with Crippen molar-refractivity contribution in [2.75, 3.05) is 0 Å². The second-order valence-corrected chi connectivity index (χ2v) is 4.12. The van der Waals surface area contributed by atoms with Crippen LogP contribution >= 0.6 is 0 Å². The van der Waals surface area contributed by atoms with Crippen LogP contribution in [0.5, 0.6) is 0 Å². The first-order valence-corrected chi connectivity index (χ1v) is 5.71. The lowest BCUT2D eigenvalue weighted by Gasteiger charge is -2.03. The Morgan fingerprint density at radius 1 is 1.00 bits per heavy atom. The highest BCUT2D eigenvalue weighted by Gasteiger charge is 2.05. The molecule has 1 aromatic heterocycles. The van der Waals surface area contributed by atoms with Crippen LogP contribution < -0.4 is 5.63 Å². The third kappa shape index (κ3) is 1.80. The number of nitrogens with zero attached hydrogens (tertiary/aromatic N) is 1. The molecule has 0 saturated heterocycles. The first-order valence-electron chi connectivity index (χ1n) is 5.71. The topological polar surface area (TPSA) is 43.1 Å². The lowest BCUT2D eigenvalue weighted by molar-refractivity contribution is 0.467. The molecule has 0 saturated carbocycles. The minimum atomic E-state index is -0.338. The van der Waals surface area contributed by atoms with Gasteiger partial charge in [0.1, 0.15) is 0 Å². The van der Waals surface area contributed by atoms with Crippen molar-refractivity contribution >= 4 is 10.9 Å². The molecule has 0 aliphatic heterocycles. The summed E-state index contributed by atoms with van der Waals surface area (Å²) in [4.78, 5) is 16.0. The first-order chi connectivity index (χ1) is 8.74. The van der Waals surface area contributed by atoms with Crippen molar-refractivity contribution in [3.63, 3.8) is 0 Å². The average molecular weight is 237 g/mol. The molecule has 3 heteroatoms. The fourth-order valence-electron chi connectivity index (χ4n) is 1.99. The van der Waals surface area contributed by atoms with E-state index in [0.29, 0.717) is 16.8 Å². The predicted molar refractivity (Wildman–Crippen MR) is 70.5 cm³/mol. The van der Waals surface area contributed by atoms with E-state index in [1.54, 1.807) is 6.92 Å². The van der Waals surface area contributed by atoms with Crippen LogP contribution in [0.25, 0.3) is 22.0 Å². The Labute approximate surface area is 104 Å². The van der Waals surface area contributed by atoms with Crippen LogP contribution in [0.4, 0.5) is 0 Å².